The fourth-order valence-electron chi connectivity index (χ4n) is 1.80. The summed E-state index contributed by atoms with van der Waals surface area (Å²) in [6, 6.07) is 10.3. The Kier molecular flexibility index (Phi) is 3.57. The first kappa shape index (κ1) is 11.1. The minimum absolute atomic E-state index is 0.0173. The molecule has 3 heteroatoms. The summed E-state index contributed by atoms with van der Waals surface area (Å²) in [6.07, 6.45) is 0.997. The second-order valence-electron chi connectivity index (χ2n) is 4.00. The van der Waals surface area contributed by atoms with Crippen molar-refractivity contribution in [2.75, 3.05) is 19.7 Å². The van der Waals surface area contributed by atoms with Gasteiger partial charge in [0, 0.05) is 13.1 Å². The molecule has 1 heterocycles. The summed E-state index contributed by atoms with van der Waals surface area (Å²) in [5, 5.41) is 0. The van der Waals surface area contributed by atoms with Crippen molar-refractivity contribution in [2.24, 2.45) is 0 Å². The molecule has 0 saturated carbocycles. The minimum atomic E-state index is -0.0736. The molecule has 1 saturated heterocycles. The standard InChI is InChI=1S/C13H17NO2/c1-2-16-13(15)12-10-14(12)9-8-11-6-4-3-5-7-11/h3-7,12H,2,8-10H2,1H3. The van der Waals surface area contributed by atoms with E-state index in [1.807, 2.05) is 25.1 Å². The zero-order chi connectivity index (χ0) is 11.4. The maximum absolute atomic E-state index is 11.4. The number of hydrogen-bond donors (Lipinski definition) is 0. The summed E-state index contributed by atoms with van der Waals surface area (Å²) in [7, 11) is 0. The van der Waals surface area contributed by atoms with E-state index in [9.17, 15) is 4.79 Å². The van der Waals surface area contributed by atoms with Crippen LogP contribution in [0.4, 0.5) is 0 Å². The first-order valence-corrected chi connectivity index (χ1v) is 5.76. The molecule has 2 unspecified atom stereocenters. The second kappa shape index (κ2) is 5.12. The quantitative estimate of drug-likeness (QED) is 0.555. The number of esters is 1. The van der Waals surface area contributed by atoms with Crippen molar-refractivity contribution < 1.29 is 9.53 Å². The second-order valence-corrected chi connectivity index (χ2v) is 4.00. The van der Waals surface area contributed by atoms with Crippen molar-refractivity contribution in [3.63, 3.8) is 0 Å². The summed E-state index contributed by atoms with van der Waals surface area (Å²) < 4.78 is 4.97. The van der Waals surface area contributed by atoms with Crippen LogP contribution in [0.3, 0.4) is 0 Å². The molecule has 0 radical (unpaired) electrons. The molecule has 16 heavy (non-hydrogen) atoms. The fourth-order valence-corrected chi connectivity index (χ4v) is 1.80. The van der Waals surface area contributed by atoms with Crippen molar-refractivity contribution in [2.45, 2.75) is 19.4 Å². The van der Waals surface area contributed by atoms with Crippen LogP contribution in [-0.4, -0.2) is 36.6 Å². The van der Waals surface area contributed by atoms with Crippen LogP contribution in [0.2, 0.25) is 0 Å². The Morgan fingerprint density at radius 1 is 1.44 bits per heavy atom. The van der Waals surface area contributed by atoms with Gasteiger partial charge < -0.3 is 4.74 Å². The Morgan fingerprint density at radius 3 is 2.88 bits per heavy atom. The van der Waals surface area contributed by atoms with E-state index in [1.54, 1.807) is 0 Å². The third-order valence-corrected chi connectivity index (χ3v) is 2.80. The van der Waals surface area contributed by atoms with Crippen LogP contribution in [0.5, 0.6) is 0 Å². The summed E-state index contributed by atoms with van der Waals surface area (Å²) in [5.74, 6) is -0.0736. The van der Waals surface area contributed by atoms with Gasteiger partial charge in [0.15, 0.2) is 0 Å². The fraction of sp³-hybridized carbons (Fsp3) is 0.462. The van der Waals surface area contributed by atoms with E-state index in [0.717, 1.165) is 19.5 Å². The lowest BCUT2D eigenvalue weighted by Crippen LogP contribution is -2.17. The highest BCUT2D eigenvalue weighted by atomic mass is 16.5. The van der Waals surface area contributed by atoms with Crippen LogP contribution in [-0.2, 0) is 16.0 Å². The van der Waals surface area contributed by atoms with Gasteiger partial charge in [-0.1, -0.05) is 30.3 Å². The van der Waals surface area contributed by atoms with Gasteiger partial charge >= 0.3 is 5.97 Å². The van der Waals surface area contributed by atoms with E-state index in [2.05, 4.69) is 17.0 Å². The third-order valence-electron chi connectivity index (χ3n) is 2.80. The average Bonchev–Trinajstić information content (AvgIpc) is 3.08. The Balaban J connectivity index is 1.72. The van der Waals surface area contributed by atoms with Gasteiger partial charge in [-0.25, -0.2) is 0 Å². The van der Waals surface area contributed by atoms with Crippen molar-refractivity contribution in [1.29, 1.82) is 0 Å². The van der Waals surface area contributed by atoms with Crippen molar-refractivity contribution >= 4 is 5.97 Å². The predicted octanol–water partition coefficient (Wildman–Crippen LogP) is 1.48. The lowest BCUT2D eigenvalue weighted by atomic mass is 10.1. The highest BCUT2D eigenvalue weighted by molar-refractivity contribution is 5.79. The van der Waals surface area contributed by atoms with Crippen LogP contribution in [0, 0.1) is 0 Å². The summed E-state index contributed by atoms with van der Waals surface area (Å²) >= 11 is 0. The largest absolute Gasteiger partial charge is 0.465 e. The first-order valence-electron chi connectivity index (χ1n) is 5.76. The molecule has 0 bridgehead atoms. The lowest BCUT2D eigenvalue weighted by Gasteiger charge is -2.04. The van der Waals surface area contributed by atoms with Gasteiger partial charge in [-0.3, -0.25) is 9.69 Å². The Bertz CT molecular complexity index is 350. The minimum Gasteiger partial charge on any atom is -0.465 e. The van der Waals surface area contributed by atoms with Crippen molar-refractivity contribution in [3.8, 4) is 0 Å². The van der Waals surface area contributed by atoms with Gasteiger partial charge in [-0.2, -0.15) is 0 Å². The third kappa shape index (κ3) is 2.83. The maximum atomic E-state index is 11.4. The Labute approximate surface area is 96.0 Å². The summed E-state index contributed by atoms with van der Waals surface area (Å²) in [5.41, 5.74) is 1.32. The SMILES string of the molecule is CCOC(=O)C1CN1CCc1ccccc1. The molecule has 1 fully saturated rings. The lowest BCUT2D eigenvalue weighted by molar-refractivity contribution is -0.143. The van der Waals surface area contributed by atoms with Crippen LogP contribution < -0.4 is 0 Å². The number of carbonyl (C=O) groups is 1. The van der Waals surface area contributed by atoms with Crippen LogP contribution >= 0.6 is 0 Å². The molecule has 3 nitrogen and oxygen atoms in total. The zero-order valence-corrected chi connectivity index (χ0v) is 9.56. The molecular formula is C13H17NO2. The summed E-state index contributed by atoms with van der Waals surface area (Å²) in [4.78, 5) is 13.5. The molecule has 86 valence electrons. The molecule has 2 atom stereocenters. The van der Waals surface area contributed by atoms with Gasteiger partial charge in [0.2, 0.25) is 0 Å². The van der Waals surface area contributed by atoms with E-state index in [1.165, 1.54) is 5.56 Å². The van der Waals surface area contributed by atoms with E-state index in [0.29, 0.717) is 6.61 Å². The topological polar surface area (TPSA) is 29.3 Å². The van der Waals surface area contributed by atoms with Crippen LogP contribution in [0.1, 0.15) is 12.5 Å². The molecular weight excluding hydrogens is 202 g/mol. The van der Waals surface area contributed by atoms with Gasteiger partial charge in [-0.15, -0.1) is 0 Å². The first-order chi connectivity index (χ1) is 7.81. The molecule has 1 aromatic rings. The van der Waals surface area contributed by atoms with E-state index < -0.39 is 0 Å². The van der Waals surface area contributed by atoms with Crippen molar-refractivity contribution in [1.82, 2.24) is 4.90 Å². The van der Waals surface area contributed by atoms with E-state index in [-0.39, 0.29) is 12.0 Å². The molecule has 0 aromatic heterocycles. The van der Waals surface area contributed by atoms with Gasteiger partial charge in [0.25, 0.3) is 0 Å². The molecule has 0 N–H and O–H groups in total. The number of nitrogens with zero attached hydrogens (tertiary/aromatic N) is 1. The van der Waals surface area contributed by atoms with Gasteiger partial charge in [0.1, 0.15) is 6.04 Å². The van der Waals surface area contributed by atoms with Gasteiger partial charge in [-0.05, 0) is 18.9 Å². The average molecular weight is 219 g/mol. The Morgan fingerprint density at radius 2 is 2.19 bits per heavy atom. The van der Waals surface area contributed by atoms with Crippen LogP contribution in [0.15, 0.2) is 30.3 Å². The number of carbonyl (C=O) groups excluding carboxylic acids is 1. The number of benzene rings is 1. The molecule has 1 aliphatic rings. The number of hydrogen-bond acceptors (Lipinski definition) is 3. The molecule has 0 aliphatic carbocycles. The van der Waals surface area contributed by atoms with Crippen LogP contribution in [0.25, 0.3) is 0 Å². The highest BCUT2D eigenvalue weighted by Crippen LogP contribution is 2.19. The zero-order valence-electron chi connectivity index (χ0n) is 9.56. The molecule has 2 rings (SSSR count). The molecule has 1 aromatic carbocycles. The predicted molar refractivity (Wildman–Crippen MR) is 62.1 cm³/mol. The monoisotopic (exact) mass is 219 g/mol. The molecule has 0 amide bonds. The number of rotatable bonds is 5. The maximum Gasteiger partial charge on any atom is 0.324 e. The number of ether oxygens (including phenoxy) is 1. The van der Waals surface area contributed by atoms with E-state index in [4.69, 9.17) is 4.74 Å². The normalized spacial score (nSPS) is 22.8. The van der Waals surface area contributed by atoms with E-state index >= 15 is 0 Å². The molecule has 1 aliphatic heterocycles. The highest BCUT2D eigenvalue weighted by Gasteiger charge is 2.40. The Hall–Kier alpha value is -1.35. The van der Waals surface area contributed by atoms with Gasteiger partial charge in [0.05, 0.1) is 6.61 Å². The smallest absolute Gasteiger partial charge is 0.324 e. The summed E-state index contributed by atoms with van der Waals surface area (Å²) in [6.45, 7) is 4.11. The molecule has 0 spiro atoms. The van der Waals surface area contributed by atoms with Crippen molar-refractivity contribution in [3.05, 3.63) is 35.9 Å².